The van der Waals surface area contributed by atoms with Crippen LogP contribution in [0.3, 0.4) is 0 Å². The van der Waals surface area contributed by atoms with Gasteiger partial charge in [-0.15, -0.1) is 0 Å². The molecule has 21 heavy (non-hydrogen) atoms. The molecule has 0 aliphatic carbocycles. The molecular formula is C18H27NO2. The molecule has 116 valence electrons. The Labute approximate surface area is 128 Å². The Morgan fingerprint density at radius 1 is 1.19 bits per heavy atom. The van der Waals surface area contributed by atoms with E-state index in [1.165, 1.54) is 0 Å². The highest BCUT2D eigenvalue weighted by molar-refractivity contribution is 5.92. The van der Waals surface area contributed by atoms with Gasteiger partial charge in [0.15, 0.2) is 0 Å². The van der Waals surface area contributed by atoms with Crippen LogP contribution in [-0.4, -0.2) is 19.6 Å². The smallest absolute Gasteiger partial charge is 0.244 e. The highest BCUT2D eigenvalue weighted by atomic mass is 16.5. The molecule has 0 saturated carbocycles. The summed E-state index contributed by atoms with van der Waals surface area (Å²) >= 11 is 0. The van der Waals surface area contributed by atoms with E-state index in [2.05, 4.69) is 33.0 Å². The second-order valence-electron chi connectivity index (χ2n) is 5.97. The fourth-order valence-corrected chi connectivity index (χ4v) is 2.49. The van der Waals surface area contributed by atoms with Gasteiger partial charge in [-0.2, -0.15) is 0 Å². The van der Waals surface area contributed by atoms with Crippen LogP contribution in [-0.2, 0) is 4.79 Å². The number of carbonyl (C=O) groups excluding carboxylic acids is 1. The second-order valence-corrected chi connectivity index (χ2v) is 5.97. The molecule has 0 heterocycles. The van der Waals surface area contributed by atoms with Crippen LogP contribution in [0.15, 0.2) is 30.3 Å². The van der Waals surface area contributed by atoms with Crippen molar-refractivity contribution in [3.63, 3.8) is 0 Å². The standard InChI is InChI=1S/C18H27NO2/c1-13(2)16(14(3)4)12-19-18(20)11-10-15-8-6-7-9-17(15)21-5/h6-11,13-14,16H,12H2,1-5H3,(H,19,20)/b11-10+. The van der Waals surface area contributed by atoms with Gasteiger partial charge < -0.3 is 10.1 Å². The van der Waals surface area contributed by atoms with Crippen molar-refractivity contribution in [3.05, 3.63) is 35.9 Å². The first-order chi connectivity index (χ1) is 9.95. The average Bonchev–Trinajstić information content (AvgIpc) is 2.44. The molecule has 1 N–H and O–H groups in total. The number of ether oxygens (including phenoxy) is 1. The van der Waals surface area contributed by atoms with Gasteiger partial charge in [-0.3, -0.25) is 4.79 Å². The minimum atomic E-state index is -0.0628. The molecule has 3 heteroatoms. The molecule has 0 fully saturated rings. The van der Waals surface area contributed by atoms with Gasteiger partial charge in [-0.05, 0) is 29.9 Å². The zero-order valence-electron chi connectivity index (χ0n) is 13.7. The minimum Gasteiger partial charge on any atom is -0.496 e. The van der Waals surface area contributed by atoms with E-state index in [-0.39, 0.29) is 5.91 Å². The first-order valence-corrected chi connectivity index (χ1v) is 7.54. The second kappa shape index (κ2) is 8.50. The molecule has 0 radical (unpaired) electrons. The summed E-state index contributed by atoms with van der Waals surface area (Å²) in [4.78, 5) is 11.9. The third-order valence-corrected chi connectivity index (χ3v) is 3.78. The molecule has 1 amide bonds. The molecule has 0 atom stereocenters. The summed E-state index contributed by atoms with van der Waals surface area (Å²) in [6.07, 6.45) is 3.35. The minimum absolute atomic E-state index is 0.0628. The number of benzene rings is 1. The maximum atomic E-state index is 11.9. The van der Waals surface area contributed by atoms with Crippen molar-refractivity contribution in [1.29, 1.82) is 0 Å². The SMILES string of the molecule is COc1ccccc1/C=C/C(=O)NCC(C(C)C)C(C)C. The Morgan fingerprint density at radius 3 is 2.38 bits per heavy atom. The lowest BCUT2D eigenvalue weighted by atomic mass is 9.85. The molecular weight excluding hydrogens is 262 g/mol. The number of para-hydroxylation sites is 1. The molecule has 0 spiro atoms. The number of nitrogens with one attached hydrogen (secondary N) is 1. The van der Waals surface area contributed by atoms with E-state index in [1.54, 1.807) is 19.3 Å². The van der Waals surface area contributed by atoms with Crippen LogP contribution in [0.25, 0.3) is 6.08 Å². The Kier molecular flexibility index (Phi) is 7.00. The molecule has 1 aromatic carbocycles. The van der Waals surface area contributed by atoms with Gasteiger partial charge in [0.05, 0.1) is 7.11 Å². The first kappa shape index (κ1) is 17.3. The zero-order valence-corrected chi connectivity index (χ0v) is 13.7. The van der Waals surface area contributed by atoms with Crippen molar-refractivity contribution >= 4 is 12.0 Å². The van der Waals surface area contributed by atoms with Crippen LogP contribution in [0.2, 0.25) is 0 Å². The summed E-state index contributed by atoms with van der Waals surface area (Å²) in [5.41, 5.74) is 0.902. The number of hydrogen-bond donors (Lipinski definition) is 1. The number of hydrogen-bond acceptors (Lipinski definition) is 2. The predicted molar refractivity (Wildman–Crippen MR) is 88.2 cm³/mol. The van der Waals surface area contributed by atoms with E-state index < -0.39 is 0 Å². The van der Waals surface area contributed by atoms with Crippen LogP contribution in [0.4, 0.5) is 0 Å². The third kappa shape index (κ3) is 5.62. The molecule has 1 aromatic rings. The van der Waals surface area contributed by atoms with E-state index in [1.807, 2.05) is 24.3 Å². The summed E-state index contributed by atoms with van der Waals surface area (Å²) in [5, 5.41) is 2.99. The summed E-state index contributed by atoms with van der Waals surface area (Å²) < 4.78 is 5.26. The van der Waals surface area contributed by atoms with Gasteiger partial charge >= 0.3 is 0 Å². The quantitative estimate of drug-likeness (QED) is 0.776. The summed E-state index contributed by atoms with van der Waals surface area (Å²) in [7, 11) is 1.63. The summed E-state index contributed by atoms with van der Waals surface area (Å²) in [6.45, 7) is 9.50. The summed E-state index contributed by atoms with van der Waals surface area (Å²) in [5.74, 6) is 2.32. The van der Waals surface area contributed by atoms with Crippen molar-refractivity contribution < 1.29 is 9.53 Å². The largest absolute Gasteiger partial charge is 0.496 e. The third-order valence-electron chi connectivity index (χ3n) is 3.78. The van der Waals surface area contributed by atoms with E-state index in [0.29, 0.717) is 24.3 Å². The van der Waals surface area contributed by atoms with Crippen molar-refractivity contribution in [3.8, 4) is 5.75 Å². The van der Waals surface area contributed by atoms with Crippen LogP contribution in [0.1, 0.15) is 33.3 Å². The van der Waals surface area contributed by atoms with Crippen LogP contribution >= 0.6 is 0 Å². The van der Waals surface area contributed by atoms with E-state index >= 15 is 0 Å². The number of carbonyl (C=O) groups is 1. The fourth-order valence-electron chi connectivity index (χ4n) is 2.49. The van der Waals surface area contributed by atoms with E-state index in [9.17, 15) is 4.79 Å². The Balaban J connectivity index is 2.59. The molecule has 0 aromatic heterocycles. The number of methoxy groups -OCH3 is 1. The molecule has 3 nitrogen and oxygen atoms in total. The molecule has 1 rings (SSSR count). The average molecular weight is 289 g/mol. The monoisotopic (exact) mass is 289 g/mol. The fraction of sp³-hybridized carbons (Fsp3) is 0.500. The maximum absolute atomic E-state index is 11.9. The van der Waals surface area contributed by atoms with Crippen LogP contribution in [0, 0.1) is 17.8 Å². The van der Waals surface area contributed by atoms with Crippen molar-refractivity contribution in [1.82, 2.24) is 5.32 Å². The summed E-state index contributed by atoms with van der Waals surface area (Å²) in [6, 6.07) is 7.64. The molecule has 0 aliphatic rings. The highest BCUT2D eigenvalue weighted by Crippen LogP contribution is 2.20. The Morgan fingerprint density at radius 2 is 1.81 bits per heavy atom. The normalized spacial score (nSPS) is 11.6. The van der Waals surface area contributed by atoms with Crippen molar-refractivity contribution in [2.75, 3.05) is 13.7 Å². The topological polar surface area (TPSA) is 38.3 Å². The van der Waals surface area contributed by atoms with Crippen molar-refractivity contribution in [2.24, 2.45) is 17.8 Å². The van der Waals surface area contributed by atoms with Crippen LogP contribution < -0.4 is 10.1 Å². The van der Waals surface area contributed by atoms with Gasteiger partial charge in [0.1, 0.15) is 5.75 Å². The predicted octanol–water partition coefficient (Wildman–Crippen LogP) is 3.75. The lowest BCUT2D eigenvalue weighted by Crippen LogP contribution is -2.32. The molecule has 0 saturated heterocycles. The van der Waals surface area contributed by atoms with Gasteiger partial charge in [-0.25, -0.2) is 0 Å². The molecule has 0 aliphatic heterocycles. The molecule has 0 bridgehead atoms. The number of rotatable bonds is 7. The first-order valence-electron chi connectivity index (χ1n) is 7.54. The van der Waals surface area contributed by atoms with Gasteiger partial charge in [0.25, 0.3) is 0 Å². The van der Waals surface area contributed by atoms with Gasteiger partial charge in [0.2, 0.25) is 5.91 Å². The van der Waals surface area contributed by atoms with Crippen molar-refractivity contribution in [2.45, 2.75) is 27.7 Å². The zero-order chi connectivity index (χ0) is 15.8. The lowest BCUT2D eigenvalue weighted by Gasteiger charge is -2.24. The Bertz CT molecular complexity index is 470. The van der Waals surface area contributed by atoms with Crippen LogP contribution in [0.5, 0.6) is 5.75 Å². The van der Waals surface area contributed by atoms with E-state index in [0.717, 1.165) is 11.3 Å². The van der Waals surface area contributed by atoms with Gasteiger partial charge in [0, 0.05) is 18.2 Å². The van der Waals surface area contributed by atoms with Gasteiger partial charge in [-0.1, -0.05) is 45.9 Å². The Hall–Kier alpha value is -1.77. The molecule has 0 unspecified atom stereocenters. The number of amides is 1. The highest BCUT2D eigenvalue weighted by Gasteiger charge is 2.17. The lowest BCUT2D eigenvalue weighted by molar-refractivity contribution is -0.116. The maximum Gasteiger partial charge on any atom is 0.244 e. The van der Waals surface area contributed by atoms with E-state index in [4.69, 9.17) is 4.74 Å².